The zero-order valence-corrected chi connectivity index (χ0v) is 7.19. The Kier molecular flexibility index (Phi) is 2.69. The SMILES string of the molecule is Nc1ncc(Cl)cc1C(O)C(=O)O. The molecule has 0 amide bonds. The second kappa shape index (κ2) is 3.59. The summed E-state index contributed by atoms with van der Waals surface area (Å²) in [5.74, 6) is -1.44. The fraction of sp³-hybridized carbons (Fsp3) is 0.143. The Morgan fingerprint density at radius 2 is 2.31 bits per heavy atom. The van der Waals surface area contributed by atoms with Gasteiger partial charge in [-0.2, -0.15) is 0 Å². The standard InChI is InChI=1S/C7H7ClN2O3/c8-3-1-4(5(11)7(12)13)6(9)10-2-3/h1-2,5,11H,(H2,9,10)(H,12,13). The molecule has 70 valence electrons. The number of hydrogen-bond donors (Lipinski definition) is 3. The number of nitrogens with two attached hydrogens (primary N) is 1. The average Bonchev–Trinajstić information content (AvgIpc) is 2.08. The molecule has 1 aromatic heterocycles. The Morgan fingerprint density at radius 1 is 1.69 bits per heavy atom. The van der Waals surface area contributed by atoms with Gasteiger partial charge < -0.3 is 15.9 Å². The molecule has 6 heteroatoms. The van der Waals surface area contributed by atoms with Crippen molar-refractivity contribution >= 4 is 23.4 Å². The van der Waals surface area contributed by atoms with Crippen LogP contribution in [-0.4, -0.2) is 21.2 Å². The van der Waals surface area contributed by atoms with E-state index in [2.05, 4.69) is 4.98 Å². The number of nitrogen functional groups attached to an aromatic ring is 1. The van der Waals surface area contributed by atoms with E-state index in [1.165, 1.54) is 12.3 Å². The van der Waals surface area contributed by atoms with Crippen LogP contribution in [0.25, 0.3) is 0 Å². The summed E-state index contributed by atoms with van der Waals surface area (Å²) >= 11 is 5.54. The number of nitrogens with zero attached hydrogens (tertiary/aromatic N) is 1. The maximum Gasteiger partial charge on any atom is 0.337 e. The van der Waals surface area contributed by atoms with Gasteiger partial charge in [0, 0.05) is 11.8 Å². The topological polar surface area (TPSA) is 96.4 Å². The van der Waals surface area contributed by atoms with Crippen LogP contribution in [0.15, 0.2) is 12.3 Å². The van der Waals surface area contributed by atoms with Crippen molar-refractivity contribution in [2.24, 2.45) is 0 Å². The maximum absolute atomic E-state index is 10.4. The summed E-state index contributed by atoms with van der Waals surface area (Å²) in [6.07, 6.45) is -0.416. The molecule has 1 rings (SSSR count). The number of carboxylic acids is 1. The van der Waals surface area contributed by atoms with Gasteiger partial charge in [0.1, 0.15) is 5.82 Å². The van der Waals surface area contributed by atoms with Crippen molar-refractivity contribution in [3.8, 4) is 0 Å². The highest BCUT2D eigenvalue weighted by molar-refractivity contribution is 6.30. The third-order valence-corrected chi connectivity index (χ3v) is 1.65. The molecule has 0 radical (unpaired) electrons. The Morgan fingerprint density at radius 3 is 2.85 bits per heavy atom. The molecule has 1 atom stereocenters. The summed E-state index contributed by atoms with van der Waals surface area (Å²) in [5.41, 5.74) is 5.34. The van der Waals surface area contributed by atoms with Gasteiger partial charge >= 0.3 is 5.97 Å². The summed E-state index contributed by atoms with van der Waals surface area (Å²) in [6.45, 7) is 0. The van der Waals surface area contributed by atoms with Gasteiger partial charge in [0.2, 0.25) is 0 Å². The van der Waals surface area contributed by atoms with Crippen molar-refractivity contribution in [2.75, 3.05) is 5.73 Å². The number of halogens is 1. The molecule has 13 heavy (non-hydrogen) atoms. The molecule has 0 aliphatic carbocycles. The molecule has 1 unspecified atom stereocenters. The number of aliphatic hydroxyl groups is 1. The Bertz CT molecular complexity index is 343. The third-order valence-electron chi connectivity index (χ3n) is 1.44. The predicted molar refractivity (Wildman–Crippen MR) is 46.3 cm³/mol. The number of aromatic nitrogens is 1. The van der Waals surface area contributed by atoms with E-state index in [0.29, 0.717) is 0 Å². The van der Waals surface area contributed by atoms with Crippen LogP contribution in [0.3, 0.4) is 0 Å². The van der Waals surface area contributed by atoms with E-state index in [1.807, 2.05) is 0 Å². The number of pyridine rings is 1. The van der Waals surface area contributed by atoms with Crippen LogP contribution in [0, 0.1) is 0 Å². The zero-order valence-electron chi connectivity index (χ0n) is 6.44. The van der Waals surface area contributed by atoms with Crippen LogP contribution in [0.2, 0.25) is 5.02 Å². The Labute approximate surface area is 78.8 Å². The van der Waals surface area contributed by atoms with Gasteiger partial charge in [0.15, 0.2) is 6.10 Å². The minimum absolute atomic E-state index is 0.000000000000000444. The van der Waals surface area contributed by atoms with E-state index in [9.17, 15) is 4.79 Å². The summed E-state index contributed by atoms with van der Waals surface area (Å²) in [4.78, 5) is 14.0. The van der Waals surface area contributed by atoms with Gasteiger partial charge in [-0.15, -0.1) is 0 Å². The van der Waals surface area contributed by atoms with E-state index >= 15 is 0 Å². The van der Waals surface area contributed by atoms with Crippen molar-refractivity contribution in [2.45, 2.75) is 6.10 Å². The second-order valence-corrected chi connectivity index (χ2v) is 2.81. The molecule has 4 N–H and O–H groups in total. The Hall–Kier alpha value is -1.33. The molecule has 0 saturated heterocycles. The predicted octanol–water partition coefficient (Wildman–Crippen LogP) is 0.435. The quantitative estimate of drug-likeness (QED) is 0.647. The second-order valence-electron chi connectivity index (χ2n) is 2.37. The van der Waals surface area contributed by atoms with Crippen molar-refractivity contribution in [1.29, 1.82) is 0 Å². The monoisotopic (exact) mass is 202 g/mol. The summed E-state index contributed by atoms with van der Waals surface area (Å²) in [5, 5.41) is 17.8. The summed E-state index contributed by atoms with van der Waals surface area (Å²) < 4.78 is 0. The largest absolute Gasteiger partial charge is 0.479 e. The minimum atomic E-state index is -1.69. The van der Waals surface area contributed by atoms with E-state index in [1.54, 1.807) is 0 Å². The molecule has 0 saturated carbocycles. The van der Waals surface area contributed by atoms with Gasteiger partial charge in [-0.3, -0.25) is 0 Å². The van der Waals surface area contributed by atoms with Crippen LogP contribution in [-0.2, 0) is 4.79 Å². The lowest BCUT2D eigenvalue weighted by atomic mass is 10.1. The average molecular weight is 203 g/mol. The molecule has 0 aromatic carbocycles. The van der Waals surface area contributed by atoms with Crippen molar-refractivity contribution < 1.29 is 15.0 Å². The van der Waals surface area contributed by atoms with Gasteiger partial charge in [0.05, 0.1) is 5.02 Å². The van der Waals surface area contributed by atoms with Crippen LogP contribution in [0.1, 0.15) is 11.7 Å². The number of carbonyl (C=O) groups is 1. The highest BCUT2D eigenvalue weighted by Gasteiger charge is 2.19. The molecule has 0 aliphatic rings. The number of carboxylic acid groups (broad SMARTS) is 1. The van der Waals surface area contributed by atoms with E-state index < -0.39 is 12.1 Å². The Balaban J connectivity index is 3.12. The van der Waals surface area contributed by atoms with Crippen LogP contribution >= 0.6 is 11.6 Å². The third kappa shape index (κ3) is 2.07. The van der Waals surface area contributed by atoms with E-state index in [0.717, 1.165) is 0 Å². The highest BCUT2D eigenvalue weighted by Crippen LogP contribution is 2.21. The lowest BCUT2D eigenvalue weighted by molar-refractivity contribution is -0.146. The first kappa shape index (κ1) is 9.76. The number of aliphatic carboxylic acids is 1. The molecule has 0 spiro atoms. The van der Waals surface area contributed by atoms with Gasteiger partial charge in [-0.1, -0.05) is 11.6 Å². The first-order valence-corrected chi connectivity index (χ1v) is 3.72. The smallest absolute Gasteiger partial charge is 0.337 e. The molecular formula is C7H7ClN2O3. The summed E-state index contributed by atoms with van der Waals surface area (Å²) in [6, 6.07) is 1.27. The zero-order chi connectivity index (χ0) is 10.0. The van der Waals surface area contributed by atoms with Crippen LogP contribution < -0.4 is 5.73 Å². The van der Waals surface area contributed by atoms with Gasteiger partial charge in [-0.25, -0.2) is 9.78 Å². The van der Waals surface area contributed by atoms with Crippen molar-refractivity contribution in [3.63, 3.8) is 0 Å². The molecular weight excluding hydrogens is 196 g/mol. The molecule has 0 fully saturated rings. The first-order valence-electron chi connectivity index (χ1n) is 3.34. The fourth-order valence-electron chi connectivity index (χ4n) is 0.818. The molecule has 0 bridgehead atoms. The fourth-order valence-corrected chi connectivity index (χ4v) is 0.984. The minimum Gasteiger partial charge on any atom is -0.479 e. The van der Waals surface area contributed by atoms with Crippen molar-refractivity contribution in [3.05, 3.63) is 22.8 Å². The highest BCUT2D eigenvalue weighted by atomic mass is 35.5. The number of rotatable bonds is 2. The van der Waals surface area contributed by atoms with E-state index in [4.69, 9.17) is 27.5 Å². The lowest BCUT2D eigenvalue weighted by Gasteiger charge is -2.07. The number of anilines is 1. The van der Waals surface area contributed by atoms with Crippen LogP contribution in [0.5, 0.6) is 0 Å². The van der Waals surface area contributed by atoms with Crippen LogP contribution in [0.4, 0.5) is 5.82 Å². The molecule has 0 aliphatic heterocycles. The maximum atomic E-state index is 10.4. The number of aliphatic hydroxyl groups excluding tert-OH is 1. The van der Waals surface area contributed by atoms with E-state index in [-0.39, 0.29) is 16.4 Å². The molecule has 1 aromatic rings. The first-order chi connectivity index (χ1) is 6.02. The van der Waals surface area contributed by atoms with Crippen molar-refractivity contribution in [1.82, 2.24) is 4.98 Å². The number of hydrogen-bond acceptors (Lipinski definition) is 4. The molecule has 5 nitrogen and oxygen atoms in total. The summed E-state index contributed by atoms with van der Waals surface area (Å²) in [7, 11) is 0. The van der Waals surface area contributed by atoms with Gasteiger partial charge in [-0.05, 0) is 6.07 Å². The van der Waals surface area contributed by atoms with Gasteiger partial charge in [0.25, 0.3) is 0 Å². The molecule has 1 heterocycles. The normalized spacial score (nSPS) is 12.5. The lowest BCUT2D eigenvalue weighted by Crippen LogP contribution is -2.13.